The smallest absolute Gasteiger partial charge is 0.335 e. The van der Waals surface area contributed by atoms with E-state index in [-0.39, 0.29) is 11.7 Å². The molecule has 0 aliphatic heterocycles. The third-order valence-corrected chi connectivity index (χ3v) is 2.73. The average molecular weight is 274 g/mol. The quantitative estimate of drug-likeness (QED) is 0.796. The molecule has 0 amide bonds. The predicted octanol–water partition coefficient (Wildman–Crippen LogP) is 2.11. The van der Waals surface area contributed by atoms with Crippen molar-refractivity contribution in [2.45, 2.75) is 6.10 Å². The topological polar surface area (TPSA) is 67.8 Å². The van der Waals surface area contributed by atoms with Crippen LogP contribution < -0.4 is 5.32 Å². The highest BCUT2D eigenvalue weighted by atomic mass is 35.5. The first kappa shape index (κ1) is 14.8. The summed E-state index contributed by atoms with van der Waals surface area (Å²) < 4.78 is 10.2. The van der Waals surface area contributed by atoms with E-state index in [0.717, 1.165) is 0 Å². The molecule has 1 aromatic rings. The van der Waals surface area contributed by atoms with Gasteiger partial charge in [-0.05, 0) is 18.2 Å². The lowest BCUT2D eigenvalue weighted by atomic mass is 10.2. The Morgan fingerprint density at radius 3 is 2.72 bits per heavy atom. The van der Waals surface area contributed by atoms with Crippen molar-refractivity contribution in [2.24, 2.45) is 0 Å². The summed E-state index contributed by atoms with van der Waals surface area (Å²) in [5.74, 6) is -1.00. The molecule has 1 rings (SSSR count). The number of anilines is 1. The van der Waals surface area contributed by atoms with Crippen LogP contribution in [0.1, 0.15) is 10.4 Å². The number of hydrogen-bond donors (Lipinski definition) is 2. The summed E-state index contributed by atoms with van der Waals surface area (Å²) in [5.41, 5.74) is 0.825. The van der Waals surface area contributed by atoms with Gasteiger partial charge in [0.1, 0.15) is 0 Å². The molecule has 0 radical (unpaired) electrons. The summed E-state index contributed by atoms with van der Waals surface area (Å²) in [6.07, 6.45) is -0.0924. The molecule has 0 aromatic heterocycles. The second-order valence-corrected chi connectivity index (χ2v) is 4.10. The molecule has 2 N–H and O–H groups in total. The van der Waals surface area contributed by atoms with Crippen molar-refractivity contribution in [3.63, 3.8) is 0 Å². The number of benzene rings is 1. The van der Waals surface area contributed by atoms with Gasteiger partial charge in [0.15, 0.2) is 0 Å². The summed E-state index contributed by atoms with van der Waals surface area (Å²) in [4.78, 5) is 10.7. The van der Waals surface area contributed by atoms with E-state index in [1.807, 2.05) is 0 Å². The van der Waals surface area contributed by atoms with Crippen LogP contribution in [0.3, 0.4) is 0 Å². The van der Waals surface area contributed by atoms with Gasteiger partial charge in [-0.15, -0.1) is 0 Å². The minimum Gasteiger partial charge on any atom is -0.478 e. The summed E-state index contributed by atoms with van der Waals surface area (Å²) in [6.45, 7) is 0.991. The van der Waals surface area contributed by atoms with Crippen LogP contribution in [0, 0.1) is 0 Å². The van der Waals surface area contributed by atoms with E-state index in [1.165, 1.54) is 12.1 Å². The summed E-state index contributed by atoms with van der Waals surface area (Å²) in [5, 5.41) is 12.3. The first-order chi connectivity index (χ1) is 8.58. The van der Waals surface area contributed by atoms with E-state index in [4.69, 9.17) is 26.2 Å². The zero-order chi connectivity index (χ0) is 13.5. The number of methoxy groups -OCH3 is 2. The van der Waals surface area contributed by atoms with Gasteiger partial charge in [-0.1, -0.05) is 11.6 Å². The number of carbonyl (C=O) groups is 1. The van der Waals surface area contributed by atoms with Crippen LogP contribution in [0.4, 0.5) is 5.69 Å². The Kier molecular flexibility index (Phi) is 5.91. The fourth-order valence-corrected chi connectivity index (χ4v) is 1.66. The molecular formula is C12H16ClNO4. The van der Waals surface area contributed by atoms with Crippen LogP contribution in [-0.4, -0.2) is 44.6 Å². The van der Waals surface area contributed by atoms with Crippen LogP contribution in [0.2, 0.25) is 5.02 Å². The summed E-state index contributed by atoms with van der Waals surface area (Å²) in [7, 11) is 3.20. The Morgan fingerprint density at radius 2 is 2.22 bits per heavy atom. The first-order valence-corrected chi connectivity index (χ1v) is 5.74. The number of nitrogens with one attached hydrogen (secondary N) is 1. The van der Waals surface area contributed by atoms with Gasteiger partial charge >= 0.3 is 5.97 Å². The Balaban J connectivity index is 2.65. The van der Waals surface area contributed by atoms with Crippen molar-refractivity contribution in [1.29, 1.82) is 0 Å². The predicted molar refractivity (Wildman–Crippen MR) is 69.6 cm³/mol. The summed E-state index contributed by atoms with van der Waals surface area (Å²) in [6, 6.07) is 4.53. The van der Waals surface area contributed by atoms with Gasteiger partial charge in [0.05, 0.1) is 29.0 Å². The third-order valence-electron chi connectivity index (χ3n) is 2.42. The molecule has 0 spiro atoms. The van der Waals surface area contributed by atoms with E-state index in [2.05, 4.69) is 5.32 Å². The minimum absolute atomic E-state index is 0.0924. The number of carboxylic acid groups (broad SMARTS) is 1. The Morgan fingerprint density at radius 1 is 1.50 bits per heavy atom. The van der Waals surface area contributed by atoms with E-state index >= 15 is 0 Å². The maximum absolute atomic E-state index is 10.7. The molecule has 0 aliphatic rings. The van der Waals surface area contributed by atoms with Gasteiger partial charge in [0.2, 0.25) is 0 Å². The molecule has 1 unspecified atom stereocenters. The highest BCUT2D eigenvalue weighted by Gasteiger charge is 2.10. The highest BCUT2D eigenvalue weighted by molar-refractivity contribution is 6.33. The molecule has 0 heterocycles. The standard InChI is InChI=1S/C12H16ClNO4/c1-17-7-9(18-2)6-14-11-4-3-8(12(15)16)5-10(11)13/h3-5,9,14H,6-7H2,1-2H3,(H,15,16). The molecule has 18 heavy (non-hydrogen) atoms. The SMILES string of the molecule is COCC(CNc1ccc(C(=O)O)cc1Cl)OC. The van der Waals surface area contributed by atoms with E-state index in [0.29, 0.717) is 23.9 Å². The van der Waals surface area contributed by atoms with Gasteiger partial charge in [-0.3, -0.25) is 0 Å². The number of ether oxygens (including phenoxy) is 2. The van der Waals surface area contributed by atoms with E-state index in [1.54, 1.807) is 20.3 Å². The van der Waals surface area contributed by atoms with Crippen LogP contribution in [0.25, 0.3) is 0 Å². The Hall–Kier alpha value is -1.30. The van der Waals surface area contributed by atoms with E-state index < -0.39 is 5.97 Å². The van der Waals surface area contributed by atoms with Gasteiger partial charge in [0.25, 0.3) is 0 Å². The maximum atomic E-state index is 10.7. The van der Waals surface area contributed by atoms with Crippen molar-refractivity contribution in [3.05, 3.63) is 28.8 Å². The number of carboxylic acids is 1. The van der Waals surface area contributed by atoms with Crippen LogP contribution in [0.15, 0.2) is 18.2 Å². The lowest BCUT2D eigenvalue weighted by Gasteiger charge is -2.16. The fourth-order valence-electron chi connectivity index (χ4n) is 1.41. The molecule has 100 valence electrons. The molecule has 0 saturated carbocycles. The van der Waals surface area contributed by atoms with Crippen LogP contribution in [-0.2, 0) is 9.47 Å². The second kappa shape index (κ2) is 7.20. The van der Waals surface area contributed by atoms with Gasteiger partial charge < -0.3 is 19.9 Å². The zero-order valence-electron chi connectivity index (χ0n) is 10.3. The number of hydrogen-bond acceptors (Lipinski definition) is 4. The second-order valence-electron chi connectivity index (χ2n) is 3.69. The van der Waals surface area contributed by atoms with Gasteiger partial charge in [-0.2, -0.15) is 0 Å². The van der Waals surface area contributed by atoms with Crippen molar-refractivity contribution < 1.29 is 19.4 Å². The lowest BCUT2D eigenvalue weighted by Crippen LogP contribution is -2.26. The fraction of sp³-hybridized carbons (Fsp3) is 0.417. The molecule has 0 fully saturated rings. The van der Waals surface area contributed by atoms with Gasteiger partial charge in [-0.25, -0.2) is 4.79 Å². The molecule has 1 atom stereocenters. The van der Waals surface area contributed by atoms with Crippen LogP contribution in [0.5, 0.6) is 0 Å². The third kappa shape index (κ3) is 4.18. The largest absolute Gasteiger partial charge is 0.478 e. The van der Waals surface area contributed by atoms with Crippen molar-refractivity contribution in [2.75, 3.05) is 32.7 Å². The molecular weight excluding hydrogens is 258 g/mol. The maximum Gasteiger partial charge on any atom is 0.335 e. The van der Waals surface area contributed by atoms with Gasteiger partial charge in [0, 0.05) is 20.8 Å². The molecule has 6 heteroatoms. The molecule has 1 aromatic carbocycles. The van der Waals surface area contributed by atoms with Crippen molar-refractivity contribution >= 4 is 23.3 Å². The molecule has 0 bridgehead atoms. The molecule has 0 aliphatic carbocycles. The number of halogens is 1. The summed E-state index contributed by atoms with van der Waals surface area (Å²) >= 11 is 5.98. The van der Waals surface area contributed by atoms with Crippen molar-refractivity contribution in [1.82, 2.24) is 0 Å². The highest BCUT2D eigenvalue weighted by Crippen LogP contribution is 2.23. The van der Waals surface area contributed by atoms with Crippen LogP contribution >= 0.6 is 11.6 Å². The number of rotatable bonds is 7. The number of aromatic carboxylic acids is 1. The monoisotopic (exact) mass is 273 g/mol. The molecule has 0 saturated heterocycles. The molecule has 5 nitrogen and oxygen atoms in total. The van der Waals surface area contributed by atoms with E-state index in [9.17, 15) is 4.79 Å². The normalized spacial score (nSPS) is 12.2. The minimum atomic E-state index is -1.00. The van der Waals surface area contributed by atoms with Crippen molar-refractivity contribution in [3.8, 4) is 0 Å². The Labute approximate surface area is 111 Å². The average Bonchev–Trinajstić information content (AvgIpc) is 2.35. The first-order valence-electron chi connectivity index (χ1n) is 5.37. The lowest BCUT2D eigenvalue weighted by molar-refractivity contribution is 0.0365. The Bertz CT molecular complexity index is 411. The zero-order valence-corrected chi connectivity index (χ0v) is 11.0.